The van der Waals surface area contributed by atoms with Crippen LogP contribution in [0.5, 0.6) is 11.5 Å². The summed E-state index contributed by atoms with van der Waals surface area (Å²) in [6, 6.07) is 13.7. The van der Waals surface area contributed by atoms with Gasteiger partial charge in [-0.05, 0) is 24.6 Å². The van der Waals surface area contributed by atoms with Gasteiger partial charge in [-0.3, -0.25) is 0 Å². The number of nitrogens with zero attached hydrogens (tertiary/aromatic N) is 1. The Labute approximate surface area is 130 Å². The Morgan fingerprint density at radius 3 is 2.55 bits per heavy atom. The highest BCUT2D eigenvalue weighted by Gasteiger charge is 2.05. The summed E-state index contributed by atoms with van der Waals surface area (Å²) in [5.41, 5.74) is 9.04. The largest absolute Gasteiger partial charge is 0.493 e. The molecule has 0 atom stereocenters. The molecule has 0 aliphatic carbocycles. The van der Waals surface area contributed by atoms with Gasteiger partial charge in [-0.1, -0.05) is 29.8 Å². The van der Waals surface area contributed by atoms with Crippen LogP contribution in [-0.4, -0.2) is 20.2 Å². The molecule has 0 heterocycles. The molecule has 22 heavy (non-hydrogen) atoms. The predicted octanol–water partition coefficient (Wildman–Crippen LogP) is 2.94. The summed E-state index contributed by atoms with van der Waals surface area (Å²) >= 11 is 0. The lowest BCUT2D eigenvalue weighted by molar-refractivity contribution is 0.355. The quantitative estimate of drug-likeness (QED) is 0.658. The molecule has 2 aromatic carbocycles. The van der Waals surface area contributed by atoms with E-state index in [1.54, 1.807) is 14.2 Å². The van der Waals surface area contributed by atoms with E-state index < -0.39 is 0 Å². The molecule has 2 rings (SSSR count). The number of aryl methyl sites for hydroxylation is 1. The van der Waals surface area contributed by atoms with Crippen molar-refractivity contribution in [1.29, 1.82) is 0 Å². The maximum Gasteiger partial charge on any atom is 0.193 e. The first-order chi connectivity index (χ1) is 10.6. The van der Waals surface area contributed by atoms with Gasteiger partial charge in [0.15, 0.2) is 17.5 Å². The molecule has 0 aliphatic rings. The molecular formula is C17H21N3O2. The van der Waals surface area contributed by atoms with E-state index in [1.165, 1.54) is 5.56 Å². The van der Waals surface area contributed by atoms with Crippen LogP contribution in [0.3, 0.4) is 0 Å². The summed E-state index contributed by atoms with van der Waals surface area (Å²) in [7, 11) is 3.19. The minimum Gasteiger partial charge on any atom is -0.493 e. The lowest BCUT2D eigenvalue weighted by atomic mass is 10.1. The first-order valence-corrected chi connectivity index (χ1v) is 6.97. The van der Waals surface area contributed by atoms with Crippen molar-refractivity contribution < 1.29 is 9.47 Å². The number of guanidine groups is 1. The van der Waals surface area contributed by atoms with Crippen LogP contribution in [0.25, 0.3) is 0 Å². The van der Waals surface area contributed by atoms with E-state index in [0.29, 0.717) is 24.0 Å². The molecule has 5 heteroatoms. The molecule has 0 spiro atoms. The van der Waals surface area contributed by atoms with Crippen LogP contribution in [0.15, 0.2) is 47.5 Å². The number of ether oxygens (including phenoxy) is 2. The number of nitrogens with two attached hydrogens (primary N) is 1. The van der Waals surface area contributed by atoms with Crippen molar-refractivity contribution in [3.05, 3.63) is 53.6 Å². The zero-order chi connectivity index (χ0) is 15.9. The van der Waals surface area contributed by atoms with Gasteiger partial charge in [0, 0.05) is 11.8 Å². The summed E-state index contributed by atoms with van der Waals surface area (Å²) in [6.07, 6.45) is 0. The summed E-state index contributed by atoms with van der Waals surface area (Å²) in [5, 5.41) is 3.04. The Kier molecular flexibility index (Phi) is 5.25. The number of methoxy groups -OCH3 is 2. The molecule has 0 bridgehead atoms. The van der Waals surface area contributed by atoms with Gasteiger partial charge in [0.25, 0.3) is 0 Å². The zero-order valence-electron chi connectivity index (χ0n) is 13.1. The average Bonchev–Trinajstić information content (AvgIpc) is 2.53. The third-order valence-electron chi connectivity index (χ3n) is 3.17. The lowest BCUT2D eigenvalue weighted by Gasteiger charge is -2.11. The number of nitrogens with one attached hydrogen (secondary N) is 1. The van der Waals surface area contributed by atoms with Gasteiger partial charge in [0.2, 0.25) is 0 Å². The average molecular weight is 299 g/mol. The third kappa shape index (κ3) is 4.15. The summed E-state index contributed by atoms with van der Waals surface area (Å²) < 4.78 is 10.5. The maximum absolute atomic E-state index is 5.92. The van der Waals surface area contributed by atoms with Gasteiger partial charge in [-0.25, -0.2) is 4.99 Å². The molecule has 0 aromatic heterocycles. The highest BCUT2D eigenvalue weighted by atomic mass is 16.5. The standard InChI is InChI=1S/C17H21N3O2/c1-12-5-4-6-13(9-12)11-19-17(18)20-14-7-8-15(21-2)16(10-14)22-3/h4-10H,11H2,1-3H3,(H3,18,19,20). The zero-order valence-corrected chi connectivity index (χ0v) is 13.1. The van der Waals surface area contributed by atoms with Gasteiger partial charge in [0.05, 0.1) is 20.8 Å². The van der Waals surface area contributed by atoms with Gasteiger partial charge in [0.1, 0.15) is 0 Å². The second-order valence-electron chi connectivity index (χ2n) is 4.89. The molecule has 0 fully saturated rings. The number of benzene rings is 2. The van der Waals surface area contributed by atoms with Crippen LogP contribution in [0.4, 0.5) is 5.69 Å². The van der Waals surface area contributed by atoms with Crippen molar-refractivity contribution in [2.75, 3.05) is 19.5 Å². The molecule has 0 saturated carbocycles. The van der Waals surface area contributed by atoms with Crippen molar-refractivity contribution in [2.24, 2.45) is 10.7 Å². The second kappa shape index (κ2) is 7.36. The first-order valence-electron chi connectivity index (χ1n) is 6.97. The molecule has 0 amide bonds. The van der Waals surface area contributed by atoms with Crippen molar-refractivity contribution >= 4 is 11.6 Å². The van der Waals surface area contributed by atoms with E-state index in [9.17, 15) is 0 Å². The molecular weight excluding hydrogens is 278 g/mol. The van der Waals surface area contributed by atoms with Crippen LogP contribution >= 0.6 is 0 Å². The van der Waals surface area contributed by atoms with Crippen molar-refractivity contribution in [3.8, 4) is 11.5 Å². The van der Waals surface area contributed by atoms with E-state index in [2.05, 4.69) is 29.4 Å². The fourth-order valence-corrected chi connectivity index (χ4v) is 2.09. The topological polar surface area (TPSA) is 68.9 Å². The highest BCUT2D eigenvalue weighted by molar-refractivity contribution is 5.92. The summed E-state index contributed by atoms with van der Waals surface area (Å²) in [5.74, 6) is 1.66. The van der Waals surface area contributed by atoms with E-state index >= 15 is 0 Å². The maximum atomic E-state index is 5.92. The smallest absolute Gasteiger partial charge is 0.193 e. The first kappa shape index (κ1) is 15.7. The predicted molar refractivity (Wildman–Crippen MR) is 89.7 cm³/mol. The Hall–Kier alpha value is -2.69. The monoisotopic (exact) mass is 299 g/mol. The molecule has 5 nitrogen and oxygen atoms in total. The summed E-state index contributed by atoms with van der Waals surface area (Å²) in [4.78, 5) is 4.34. The fraction of sp³-hybridized carbons (Fsp3) is 0.235. The van der Waals surface area contributed by atoms with Gasteiger partial charge >= 0.3 is 0 Å². The molecule has 3 N–H and O–H groups in total. The fourth-order valence-electron chi connectivity index (χ4n) is 2.09. The van der Waals surface area contributed by atoms with Crippen molar-refractivity contribution in [2.45, 2.75) is 13.5 Å². The minimum atomic E-state index is 0.355. The van der Waals surface area contributed by atoms with Crippen LogP contribution in [0.2, 0.25) is 0 Å². The van der Waals surface area contributed by atoms with Gasteiger partial charge in [-0.15, -0.1) is 0 Å². The Balaban J connectivity index is 2.05. The Morgan fingerprint density at radius 2 is 1.86 bits per heavy atom. The lowest BCUT2D eigenvalue weighted by Crippen LogP contribution is -2.22. The van der Waals surface area contributed by atoms with E-state index in [1.807, 2.05) is 30.3 Å². The SMILES string of the molecule is COc1ccc(NC(N)=NCc2cccc(C)c2)cc1OC. The molecule has 2 aromatic rings. The number of hydrogen-bond donors (Lipinski definition) is 2. The number of rotatable bonds is 5. The second-order valence-corrected chi connectivity index (χ2v) is 4.89. The molecule has 0 radical (unpaired) electrons. The highest BCUT2D eigenvalue weighted by Crippen LogP contribution is 2.29. The molecule has 0 saturated heterocycles. The third-order valence-corrected chi connectivity index (χ3v) is 3.17. The minimum absolute atomic E-state index is 0.355. The van der Waals surface area contributed by atoms with Gasteiger partial charge in [-0.2, -0.15) is 0 Å². The molecule has 116 valence electrons. The Bertz CT molecular complexity index is 669. The van der Waals surface area contributed by atoms with E-state index in [-0.39, 0.29) is 0 Å². The van der Waals surface area contributed by atoms with Crippen LogP contribution in [-0.2, 0) is 6.54 Å². The van der Waals surface area contributed by atoms with Gasteiger partial charge < -0.3 is 20.5 Å². The number of hydrogen-bond acceptors (Lipinski definition) is 3. The Morgan fingerprint density at radius 1 is 1.09 bits per heavy atom. The normalized spacial score (nSPS) is 11.1. The number of aliphatic imine (C=N–C) groups is 1. The van der Waals surface area contributed by atoms with E-state index in [0.717, 1.165) is 11.3 Å². The van der Waals surface area contributed by atoms with Crippen LogP contribution < -0.4 is 20.5 Å². The number of anilines is 1. The van der Waals surface area contributed by atoms with Crippen molar-refractivity contribution in [1.82, 2.24) is 0 Å². The van der Waals surface area contributed by atoms with Crippen LogP contribution in [0.1, 0.15) is 11.1 Å². The summed E-state index contributed by atoms with van der Waals surface area (Å²) in [6.45, 7) is 2.59. The van der Waals surface area contributed by atoms with Crippen LogP contribution in [0, 0.1) is 6.92 Å². The molecule has 0 unspecified atom stereocenters. The van der Waals surface area contributed by atoms with E-state index in [4.69, 9.17) is 15.2 Å². The molecule has 0 aliphatic heterocycles. The van der Waals surface area contributed by atoms with Crippen molar-refractivity contribution in [3.63, 3.8) is 0 Å².